The molecule has 0 spiro atoms. The van der Waals surface area contributed by atoms with Gasteiger partial charge in [-0.15, -0.1) is 0 Å². The number of aromatic amines is 4. The lowest BCUT2D eigenvalue weighted by Gasteiger charge is -2.26. The van der Waals surface area contributed by atoms with Gasteiger partial charge in [-0.05, 0) is 218 Å². The summed E-state index contributed by atoms with van der Waals surface area (Å²) in [6.07, 6.45) is 28.9. The Kier molecular flexibility index (Phi) is 22.6. The highest BCUT2D eigenvalue weighted by molar-refractivity contribution is 5.95. The molecule has 526 valence electrons. The van der Waals surface area contributed by atoms with Gasteiger partial charge in [0.25, 0.3) is 0 Å². The number of hydrogen-bond acceptors (Lipinski definition) is 20. The zero-order valence-corrected chi connectivity index (χ0v) is 59.1. The molecule has 24 nitrogen and oxygen atoms in total. The number of nitrogens with zero attached hydrogens (tertiary/aromatic N) is 13. The minimum absolute atomic E-state index is 0.150. The normalized spacial score (nSPS) is 13.4. The van der Waals surface area contributed by atoms with Gasteiger partial charge in [0.2, 0.25) is 23.8 Å². The summed E-state index contributed by atoms with van der Waals surface area (Å²) in [7, 11) is 6.16. The Morgan fingerprint density at radius 2 is 0.769 bits per heavy atom. The first kappa shape index (κ1) is 70.2. The van der Waals surface area contributed by atoms with E-state index in [2.05, 4.69) is 172 Å². The van der Waals surface area contributed by atoms with Crippen LogP contribution < -0.4 is 32.3 Å². The molecule has 16 rings (SSSR count). The van der Waals surface area contributed by atoms with Crippen LogP contribution in [-0.2, 0) is 19.3 Å². The summed E-state index contributed by atoms with van der Waals surface area (Å²) in [4.78, 5) is 68.5. The van der Waals surface area contributed by atoms with Crippen molar-refractivity contribution in [1.29, 1.82) is 0 Å². The molecular weight excluding hydrogens is 1300 g/mol. The average Bonchev–Trinajstić information content (AvgIpc) is 1.64. The van der Waals surface area contributed by atoms with E-state index >= 15 is 0 Å². The van der Waals surface area contributed by atoms with E-state index in [1.807, 2.05) is 124 Å². The number of fused-ring (bicyclic) bond motifs is 4. The lowest BCUT2D eigenvalue weighted by Crippen LogP contribution is -2.33. The second-order valence-corrected chi connectivity index (χ2v) is 25.9. The second kappa shape index (κ2) is 33.5. The fraction of sp³-hybridized carbons (Fsp3) is 0.225. The lowest BCUT2D eigenvalue weighted by atomic mass is 9.92. The number of rotatable bonds is 20. The highest BCUT2D eigenvalue weighted by Crippen LogP contribution is 2.33. The van der Waals surface area contributed by atoms with Crippen molar-refractivity contribution in [1.82, 2.24) is 90.0 Å². The number of hydrogen-bond donors (Lipinski definition) is 11. The molecular formula is C80H85N23O. The van der Waals surface area contributed by atoms with Gasteiger partial charge in [0.15, 0.2) is 0 Å². The molecule has 15 aromatic rings. The number of pyridine rings is 4. The number of nitrogens with two attached hydrogens (primary N) is 1. The maximum absolute atomic E-state index is 9.07. The van der Waals surface area contributed by atoms with Gasteiger partial charge in [0.05, 0.1) is 22.8 Å². The summed E-state index contributed by atoms with van der Waals surface area (Å²) >= 11 is 0. The van der Waals surface area contributed by atoms with Crippen molar-refractivity contribution in [2.75, 3.05) is 62.1 Å². The van der Waals surface area contributed by atoms with E-state index in [1.54, 1.807) is 49.6 Å². The summed E-state index contributed by atoms with van der Waals surface area (Å²) in [6, 6.07) is 43.2. The molecule has 0 saturated heterocycles. The second-order valence-electron chi connectivity index (χ2n) is 25.9. The third-order valence-electron chi connectivity index (χ3n) is 18.2. The molecule has 0 unspecified atom stereocenters. The van der Waals surface area contributed by atoms with E-state index in [-0.39, 0.29) is 6.61 Å². The van der Waals surface area contributed by atoms with Gasteiger partial charge in [0.1, 0.15) is 22.6 Å². The topological polar surface area (TPSA) is 327 Å². The van der Waals surface area contributed by atoms with Crippen molar-refractivity contribution < 1.29 is 5.11 Å². The molecule has 0 bridgehead atoms. The van der Waals surface area contributed by atoms with Gasteiger partial charge >= 0.3 is 0 Å². The quantitative estimate of drug-likeness (QED) is 0.0338. The van der Waals surface area contributed by atoms with Crippen LogP contribution in [-0.4, -0.2) is 143 Å². The van der Waals surface area contributed by atoms with E-state index in [1.165, 1.54) is 22.3 Å². The van der Waals surface area contributed by atoms with Crippen molar-refractivity contribution in [3.8, 4) is 45.0 Å². The van der Waals surface area contributed by atoms with Crippen LogP contribution in [0, 0.1) is 20.8 Å². The summed E-state index contributed by atoms with van der Waals surface area (Å²) in [5.41, 5.74) is 27.1. The summed E-state index contributed by atoms with van der Waals surface area (Å²) < 4.78 is 0. The van der Waals surface area contributed by atoms with Gasteiger partial charge < -0.3 is 62.3 Å². The molecule has 12 heterocycles. The van der Waals surface area contributed by atoms with Crippen molar-refractivity contribution >= 4 is 85.0 Å². The molecule has 0 radical (unpaired) electrons. The Balaban J connectivity index is 0.000000123. The molecule has 12 aromatic heterocycles. The largest absolute Gasteiger partial charge is 0.396 e. The van der Waals surface area contributed by atoms with Crippen LogP contribution in [0.2, 0.25) is 0 Å². The van der Waals surface area contributed by atoms with Crippen LogP contribution in [0.3, 0.4) is 0 Å². The van der Waals surface area contributed by atoms with Crippen LogP contribution in [0.25, 0.3) is 89.2 Å². The van der Waals surface area contributed by atoms with E-state index in [0.29, 0.717) is 42.3 Å². The number of anilines is 7. The van der Waals surface area contributed by atoms with Gasteiger partial charge in [-0.1, -0.05) is 36.4 Å². The highest BCUT2D eigenvalue weighted by atomic mass is 16.3. The third-order valence-corrected chi connectivity index (χ3v) is 18.2. The van der Waals surface area contributed by atoms with Gasteiger partial charge in [0, 0.05) is 160 Å². The predicted molar refractivity (Wildman–Crippen MR) is 416 cm³/mol. The lowest BCUT2D eigenvalue weighted by molar-refractivity contribution is 0.299. The van der Waals surface area contributed by atoms with Crippen LogP contribution in [0.4, 0.5) is 40.9 Å². The standard InChI is InChI=1S/C22H24N6.C21H22N6.C20H19N5O.C17H20N6/c1-15-13-16(9-12-28(2)3)6-7-19(15)26-22-24-11-8-20(27-22)18-14-25-21-17(18)5-4-10-23-21;1-14-12-15(7-10-22-2)5-6-18(14)26-21-24-11-8-19(27-21)17-13-25-20-16(17)4-3-9-23-20;1-13-11-14(7-10-26)4-5-17(13)24-20-22-9-6-18(25-20)16-12-23-19-15(16)3-2-8-21-19;18-11-3-5-12(6-4-11)22-17-20-9-7-15(23-17)14-10-21-16-13(14)2-1-8-19-16/h4-8,10-11,13-14H,9,12H2,1-3H3,(H,23,25)(H,24,26,27);3-6,8-9,11-13,22H,7,10H2,1-2H3,(H,23,25)(H,24,26,27);2-6,8-9,11-12,26H,7,10H2,1H3,(H,21,23)(H,22,24,25);1-2,7-12H,3-6,18H2,(H,19,21)(H,20,22,23). The highest BCUT2D eigenvalue weighted by Gasteiger charge is 2.20. The van der Waals surface area contributed by atoms with Crippen LogP contribution in [0.1, 0.15) is 59.1 Å². The Morgan fingerprint density at radius 3 is 1.12 bits per heavy atom. The number of nitrogens with one attached hydrogen (secondary N) is 9. The first-order valence-corrected chi connectivity index (χ1v) is 34.9. The number of aromatic nitrogens is 16. The molecule has 0 aliphatic heterocycles. The smallest absolute Gasteiger partial charge is 0.227 e. The van der Waals surface area contributed by atoms with Crippen molar-refractivity contribution in [3.05, 3.63) is 235 Å². The minimum Gasteiger partial charge on any atom is -0.396 e. The molecule has 0 atom stereocenters. The average molecular weight is 1380 g/mol. The fourth-order valence-electron chi connectivity index (χ4n) is 12.6. The van der Waals surface area contributed by atoms with E-state index in [9.17, 15) is 0 Å². The first-order chi connectivity index (χ1) is 50.9. The zero-order valence-electron chi connectivity index (χ0n) is 59.1. The molecule has 24 heteroatoms. The molecule has 104 heavy (non-hydrogen) atoms. The van der Waals surface area contributed by atoms with E-state index in [4.69, 9.17) is 20.8 Å². The van der Waals surface area contributed by atoms with Crippen LogP contribution >= 0.6 is 0 Å². The monoisotopic (exact) mass is 1380 g/mol. The summed E-state index contributed by atoms with van der Waals surface area (Å²) in [5, 5.41) is 29.9. The Morgan fingerprint density at radius 1 is 0.423 bits per heavy atom. The first-order valence-electron chi connectivity index (χ1n) is 34.9. The number of aliphatic hydroxyl groups is 1. The molecule has 1 aliphatic carbocycles. The maximum Gasteiger partial charge on any atom is 0.227 e. The molecule has 3 aromatic carbocycles. The molecule has 0 amide bonds. The molecule has 1 fully saturated rings. The van der Waals surface area contributed by atoms with Crippen molar-refractivity contribution in [2.45, 2.75) is 77.8 Å². The molecule has 1 aliphatic rings. The fourth-order valence-corrected chi connectivity index (χ4v) is 12.6. The number of H-pyrrole nitrogens is 4. The zero-order chi connectivity index (χ0) is 71.7. The number of likely N-dealkylation sites (N-methyl/N-ethyl adjacent to an activating group) is 2. The van der Waals surface area contributed by atoms with Crippen LogP contribution in [0.5, 0.6) is 0 Å². The van der Waals surface area contributed by atoms with E-state index in [0.717, 1.165) is 169 Å². The Labute approximate surface area is 602 Å². The van der Waals surface area contributed by atoms with E-state index < -0.39 is 0 Å². The summed E-state index contributed by atoms with van der Waals surface area (Å²) in [5.74, 6) is 2.39. The molecule has 1 saturated carbocycles. The van der Waals surface area contributed by atoms with Gasteiger partial charge in [-0.3, -0.25) is 0 Å². The number of aliphatic hydroxyl groups excluding tert-OH is 1. The van der Waals surface area contributed by atoms with Gasteiger partial charge in [-0.2, -0.15) is 0 Å². The third kappa shape index (κ3) is 17.6. The number of aryl methyl sites for hydroxylation is 3. The summed E-state index contributed by atoms with van der Waals surface area (Å²) in [6.45, 7) is 8.39. The maximum atomic E-state index is 9.07. The molecule has 12 N–H and O–H groups in total. The number of benzene rings is 3. The predicted octanol–water partition coefficient (Wildman–Crippen LogP) is 14.3. The Bertz CT molecular complexity index is 5340. The van der Waals surface area contributed by atoms with Crippen molar-refractivity contribution in [2.24, 2.45) is 5.73 Å². The van der Waals surface area contributed by atoms with Crippen LogP contribution in [0.15, 0.2) is 202 Å². The SMILES string of the molecule is CNCCc1ccc(Nc2nccc(-c3c[nH]c4ncccc34)n2)c(C)c1.Cc1cc(CCN(C)C)ccc1Nc1nccc(-c2c[nH]c3ncccc23)n1.Cc1cc(CCO)ccc1Nc1nccc(-c2c[nH]c3ncccc23)n1.NC1CCC(Nc2nccc(-c3c[nH]c4ncccc34)n2)CC1. The minimum atomic E-state index is 0.150. The Hall–Kier alpha value is -12.2. The van der Waals surface area contributed by atoms with Gasteiger partial charge in [-0.25, -0.2) is 59.8 Å². The van der Waals surface area contributed by atoms with Crippen molar-refractivity contribution in [3.63, 3.8) is 0 Å².